The number of rotatable bonds is 8. The van der Waals surface area contributed by atoms with Crippen LogP contribution < -0.4 is 15.4 Å². The molecule has 4 fully saturated rings. The Kier molecular flexibility index (Phi) is 6.76. The zero-order chi connectivity index (χ0) is 32.0. The van der Waals surface area contributed by atoms with Crippen molar-refractivity contribution in [2.45, 2.75) is 57.8 Å². The Hall–Kier alpha value is -4.15. The zero-order valence-corrected chi connectivity index (χ0v) is 27.5. The molecule has 4 aliphatic rings. The van der Waals surface area contributed by atoms with Gasteiger partial charge in [0.25, 0.3) is 5.91 Å². The van der Waals surface area contributed by atoms with E-state index in [0.29, 0.717) is 29.1 Å². The lowest BCUT2D eigenvalue weighted by Crippen LogP contribution is -2.49. The summed E-state index contributed by atoms with van der Waals surface area (Å²) in [6, 6.07) is 14.4. The van der Waals surface area contributed by atoms with E-state index in [1.807, 2.05) is 42.3 Å². The summed E-state index contributed by atoms with van der Waals surface area (Å²) in [7, 11) is 1.68. The van der Waals surface area contributed by atoms with Gasteiger partial charge in [-0.2, -0.15) is 0 Å². The fourth-order valence-electron chi connectivity index (χ4n) is 8.25. The third-order valence-corrected chi connectivity index (χ3v) is 11.1. The largest absolute Gasteiger partial charge is 0.494 e. The normalized spacial score (nSPS) is 22.5. The number of amides is 1. The highest BCUT2D eigenvalue weighted by atomic mass is 35.5. The monoisotopic (exact) mass is 650 g/mol. The number of ether oxygens (including phenoxy) is 1. The van der Waals surface area contributed by atoms with Crippen molar-refractivity contribution in [3.63, 3.8) is 0 Å². The van der Waals surface area contributed by atoms with Gasteiger partial charge in [-0.15, -0.1) is 0 Å². The van der Waals surface area contributed by atoms with Gasteiger partial charge in [-0.1, -0.05) is 17.7 Å². The van der Waals surface area contributed by atoms with Crippen molar-refractivity contribution < 1.29 is 9.53 Å². The van der Waals surface area contributed by atoms with Crippen LogP contribution in [0.4, 0.5) is 5.82 Å². The van der Waals surface area contributed by atoms with E-state index in [-0.39, 0.29) is 18.0 Å². The smallest absolute Gasteiger partial charge is 0.254 e. The minimum absolute atomic E-state index is 0.0104. The summed E-state index contributed by atoms with van der Waals surface area (Å²) in [6.07, 6.45) is 6.36. The molecule has 2 aliphatic carbocycles. The third-order valence-electron chi connectivity index (χ3n) is 10.9. The average Bonchev–Trinajstić information content (AvgIpc) is 3.42. The number of aromatic nitrogens is 5. The lowest BCUT2D eigenvalue weighted by atomic mass is 9.99. The number of hydrogen-bond acceptors (Lipinski definition) is 7. The summed E-state index contributed by atoms with van der Waals surface area (Å²) in [4.78, 5) is 32.5. The van der Waals surface area contributed by atoms with Crippen LogP contribution in [0.1, 0.15) is 41.9 Å². The first kappa shape index (κ1) is 29.0. The molecule has 10 nitrogen and oxygen atoms in total. The molecule has 5 heterocycles. The number of nitrogens with zero attached hydrogens (tertiary/aromatic N) is 7. The molecule has 47 heavy (non-hydrogen) atoms. The molecule has 9 rings (SSSR count). The van der Waals surface area contributed by atoms with Crippen LogP contribution in [0, 0.1) is 24.7 Å². The number of methoxy groups -OCH3 is 1. The number of nitrogens with two attached hydrogens (primary N) is 1. The molecule has 2 bridgehead atoms. The lowest BCUT2D eigenvalue weighted by Gasteiger charge is -2.40. The summed E-state index contributed by atoms with van der Waals surface area (Å²) in [5.74, 6) is 4.71. The molecule has 5 aromatic rings. The van der Waals surface area contributed by atoms with Crippen molar-refractivity contribution in [1.29, 1.82) is 0 Å². The van der Waals surface area contributed by atoms with Gasteiger partial charge in [0.2, 0.25) is 0 Å². The number of aryl methyl sites for hydroxylation is 1. The molecule has 2 aromatic carbocycles. The van der Waals surface area contributed by atoms with Gasteiger partial charge in [0.1, 0.15) is 22.9 Å². The lowest BCUT2D eigenvalue weighted by molar-refractivity contribution is 0.0700. The molecule has 2 unspecified atom stereocenters. The number of anilines is 1. The highest BCUT2D eigenvalue weighted by Gasteiger charge is 2.47. The number of fused-ring (bicyclic) bond motifs is 4. The summed E-state index contributed by atoms with van der Waals surface area (Å²) in [5.41, 5.74) is 10.9. The molecule has 0 radical (unpaired) electrons. The first-order valence-corrected chi connectivity index (χ1v) is 17.2. The Morgan fingerprint density at radius 3 is 2.53 bits per heavy atom. The maximum atomic E-state index is 14.0. The number of likely N-dealkylation sites (tertiary alicyclic amines) is 1. The SMILES string of the molecule is COc1cc(C(=O)N2CC3CCC2[C@@H]3N)cc2nc(-c3cc4ccc(Cl)cc4n3CC3CC3)n(CC3CN(c4ccnc(C)n4)C3)c12. The Morgan fingerprint density at radius 2 is 1.81 bits per heavy atom. The van der Waals surface area contributed by atoms with E-state index >= 15 is 0 Å². The van der Waals surface area contributed by atoms with Crippen LogP contribution in [0.3, 0.4) is 0 Å². The molecule has 2 aliphatic heterocycles. The molecule has 2 saturated carbocycles. The fourth-order valence-corrected chi connectivity index (χ4v) is 8.42. The molecule has 3 aromatic heterocycles. The van der Waals surface area contributed by atoms with Gasteiger partial charge >= 0.3 is 0 Å². The number of carbonyl (C=O) groups excluding carboxylic acids is 1. The Balaban J connectivity index is 1.15. The van der Waals surface area contributed by atoms with Gasteiger partial charge in [-0.3, -0.25) is 4.79 Å². The maximum absolute atomic E-state index is 14.0. The van der Waals surface area contributed by atoms with E-state index in [2.05, 4.69) is 42.2 Å². The quantitative estimate of drug-likeness (QED) is 0.235. The van der Waals surface area contributed by atoms with Crippen molar-refractivity contribution in [1.82, 2.24) is 29.0 Å². The van der Waals surface area contributed by atoms with Crippen LogP contribution in [0.2, 0.25) is 5.02 Å². The Bertz CT molecular complexity index is 2040. The van der Waals surface area contributed by atoms with Gasteiger partial charge in [0.05, 0.1) is 23.8 Å². The van der Waals surface area contributed by atoms with Crippen LogP contribution in [0.15, 0.2) is 48.7 Å². The molecular formula is C36H39ClN8O2. The van der Waals surface area contributed by atoms with Crippen molar-refractivity contribution in [2.24, 2.45) is 23.5 Å². The first-order chi connectivity index (χ1) is 22.8. The molecule has 2 saturated heterocycles. The van der Waals surface area contributed by atoms with E-state index in [4.69, 9.17) is 27.1 Å². The number of piperidine rings is 1. The molecule has 1 amide bonds. The number of carbonyl (C=O) groups is 1. The molecule has 2 N–H and O–H groups in total. The van der Waals surface area contributed by atoms with Crippen molar-refractivity contribution in [2.75, 3.05) is 31.6 Å². The minimum atomic E-state index is 0.0104. The molecule has 11 heteroatoms. The predicted molar refractivity (Wildman–Crippen MR) is 183 cm³/mol. The summed E-state index contributed by atoms with van der Waals surface area (Å²) >= 11 is 6.53. The Morgan fingerprint density at radius 1 is 0.979 bits per heavy atom. The standard InChI is InChI=1S/C36H39ClN8O2/c1-20-39-10-9-32(40-20)42-15-22(16-42)18-45-34-27(11-25(13-31(34)47-2)36(46)44-19-24-6-8-28(44)33(24)38)41-35(45)30-12-23-5-7-26(37)14-29(23)43(30)17-21-3-4-21/h5,7,9-14,21-22,24,28,33H,3-4,6,8,15-19,38H2,1-2H3/t24?,28?,33-/m1/s1. The van der Waals surface area contributed by atoms with Crippen LogP contribution in [0.5, 0.6) is 5.75 Å². The third kappa shape index (κ3) is 4.87. The van der Waals surface area contributed by atoms with Gasteiger partial charge in [-0.25, -0.2) is 15.0 Å². The second kappa shape index (κ2) is 11.0. The fraction of sp³-hybridized carbons (Fsp3) is 0.444. The minimum Gasteiger partial charge on any atom is -0.494 e. The second-order valence-corrected chi connectivity index (χ2v) is 14.5. The van der Waals surface area contributed by atoms with Gasteiger partial charge in [0, 0.05) is 72.9 Å². The summed E-state index contributed by atoms with van der Waals surface area (Å²) in [6.45, 7) is 6.09. The highest BCUT2D eigenvalue weighted by molar-refractivity contribution is 6.31. The van der Waals surface area contributed by atoms with E-state index in [1.165, 1.54) is 12.8 Å². The molecule has 0 spiro atoms. The average molecular weight is 651 g/mol. The van der Waals surface area contributed by atoms with Crippen LogP contribution in [-0.2, 0) is 13.1 Å². The summed E-state index contributed by atoms with van der Waals surface area (Å²) < 4.78 is 10.8. The highest BCUT2D eigenvalue weighted by Crippen LogP contribution is 2.41. The zero-order valence-electron chi connectivity index (χ0n) is 26.8. The van der Waals surface area contributed by atoms with E-state index in [0.717, 1.165) is 95.7 Å². The molecular weight excluding hydrogens is 612 g/mol. The van der Waals surface area contributed by atoms with Crippen molar-refractivity contribution in [3.8, 4) is 17.3 Å². The van der Waals surface area contributed by atoms with Crippen LogP contribution in [-0.4, -0.2) is 73.7 Å². The summed E-state index contributed by atoms with van der Waals surface area (Å²) in [5, 5.41) is 1.86. The molecule has 242 valence electrons. The topological polar surface area (TPSA) is 107 Å². The first-order valence-electron chi connectivity index (χ1n) is 16.8. The van der Waals surface area contributed by atoms with Crippen molar-refractivity contribution in [3.05, 3.63) is 65.1 Å². The van der Waals surface area contributed by atoms with Gasteiger partial charge in [0.15, 0.2) is 5.82 Å². The molecule has 3 atom stereocenters. The number of halogens is 1. The number of benzene rings is 2. The van der Waals surface area contributed by atoms with E-state index in [9.17, 15) is 4.79 Å². The van der Waals surface area contributed by atoms with Crippen LogP contribution >= 0.6 is 11.6 Å². The van der Waals surface area contributed by atoms with E-state index < -0.39 is 0 Å². The van der Waals surface area contributed by atoms with E-state index in [1.54, 1.807) is 7.11 Å². The van der Waals surface area contributed by atoms with Gasteiger partial charge in [-0.05, 0) is 80.8 Å². The van der Waals surface area contributed by atoms with Gasteiger partial charge < -0.3 is 29.4 Å². The number of imidazole rings is 1. The Labute approximate surface area is 278 Å². The maximum Gasteiger partial charge on any atom is 0.254 e. The van der Waals surface area contributed by atoms with Crippen LogP contribution in [0.25, 0.3) is 33.5 Å². The predicted octanol–water partition coefficient (Wildman–Crippen LogP) is 5.53. The van der Waals surface area contributed by atoms with Crippen molar-refractivity contribution >= 4 is 45.3 Å². The second-order valence-electron chi connectivity index (χ2n) is 14.1. The number of hydrogen-bond donors (Lipinski definition) is 1.